The topological polar surface area (TPSA) is 29.5 Å². The number of benzene rings is 1. The Kier molecular flexibility index (Phi) is 3.78. The zero-order valence-corrected chi connectivity index (χ0v) is 13.1. The Morgan fingerprint density at radius 1 is 1.10 bits per heavy atom. The number of fused-ring (bicyclic) bond motifs is 3. The van der Waals surface area contributed by atoms with E-state index in [1.165, 1.54) is 49.2 Å². The molecule has 1 aromatic carbocycles. The number of rotatable bonds is 4. The first-order chi connectivity index (χ1) is 10.1. The highest BCUT2D eigenvalue weighted by molar-refractivity contribution is 5.75. The maximum absolute atomic E-state index is 12.2. The van der Waals surface area contributed by atoms with Crippen molar-refractivity contribution in [1.82, 2.24) is 5.06 Å². The monoisotopic (exact) mass is 287 g/mol. The van der Waals surface area contributed by atoms with Gasteiger partial charge in [0.25, 0.3) is 0 Å². The number of carbonyl (C=O) groups is 1. The van der Waals surface area contributed by atoms with E-state index in [1.807, 2.05) is 0 Å². The molecule has 21 heavy (non-hydrogen) atoms. The third-order valence-corrected chi connectivity index (χ3v) is 5.94. The third kappa shape index (κ3) is 2.59. The molecule has 3 nitrogen and oxygen atoms in total. The van der Waals surface area contributed by atoms with Crippen LogP contribution in [-0.2, 0) is 15.0 Å². The van der Waals surface area contributed by atoms with Gasteiger partial charge in [0.2, 0.25) is 5.91 Å². The molecule has 0 saturated heterocycles. The maximum Gasteiger partial charge on any atom is 0.246 e. The van der Waals surface area contributed by atoms with Crippen molar-refractivity contribution >= 4 is 5.91 Å². The summed E-state index contributed by atoms with van der Waals surface area (Å²) < 4.78 is 0. The van der Waals surface area contributed by atoms with E-state index in [1.54, 1.807) is 14.2 Å². The van der Waals surface area contributed by atoms with Crippen molar-refractivity contribution in [3.63, 3.8) is 0 Å². The summed E-state index contributed by atoms with van der Waals surface area (Å²) in [5.41, 5.74) is 2.10. The molecular formula is C18H25NO2. The molecule has 3 heteroatoms. The van der Waals surface area contributed by atoms with E-state index < -0.39 is 0 Å². The molecule has 1 aromatic rings. The molecule has 0 atom stereocenters. The van der Waals surface area contributed by atoms with E-state index >= 15 is 0 Å². The summed E-state index contributed by atoms with van der Waals surface area (Å²) in [7, 11) is 3.26. The second kappa shape index (κ2) is 5.45. The van der Waals surface area contributed by atoms with Crippen LogP contribution in [0.3, 0.4) is 0 Å². The quantitative estimate of drug-likeness (QED) is 0.790. The molecular weight excluding hydrogens is 262 g/mol. The van der Waals surface area contributed by atoms with Crippen LogP contribution >= 0.6 is 0 Å². The predicted octanol–water partition coefficient (Wildman–Crippen LogP) is 3.69. The van der Waals surface area contributed by atoms with Gasteiger partial charge in [-0.05, 0) is 54.9 Å². The van der Waals surface area contributed by atoms with Gasteiger partial charge in [0.1, 0.15) is 0 Å². The van der Waals surface area contributed by atoms with Crippen molar-refractivity contribution in [2.24, 2.45) is 5.41 Å². The van der Waals surface area contributed by atoms with Gasteiger partial charge in [-0.2, -0.15) is 0 Å². The van der Waals surface area contributed by atoms with Crippen LogP contribution in [0.2, 0.25) is 0 Å². The van der Waals surface area contributed by atoms with Crippen LogP contribution in [0.15, 0.2) is 30.3 Å². The smallest absolute Gasteiger partial charge is 0.246 e. The summed E-state index contributed by atoms with van der Waals surface area (Å²) >= 11 is 0. The Hall–Kier alpha value is -1.35. The van der Waals surface area contributed by atoms with Gasteiger partial charge in [-0.3, -0.25) is 9.63 Å². The Labute approximate surface area is 127 Å². The fourth-order valence-corrected chi connectivity index (χ4v) is 4.29. The molecule has 114 valence electrons. The highest BCUT2D eigenvalue weighted by Gasteiger charge is 2.50. The molecule has 0 spiro atoms. The molecule has 3 saturated carbocycles. The largest absolute Gasteiger partial charge is 0.275 e. The second-order valence-electron chi connectivity index (χ2n) is 6.90. The van der Waals surface area contributed by atoms with Gasteiger partial charge >= 0.3 is 0 Å². The van der Waals surface area contributed by atoms with Crippen molar-refractivity contribution < 1.29 is 9.63 Å². The van der Waals surface area contributed by atoms with Crippen molar-refractivity contribution in [2.45, 2.75) is 50.4 Å². The van der Waals surface area contributed by atoms with Crippen LogP contribution < -0.4 is 0 Å². The molecule has 0 aliphatic heterocycles. The first kappa shape index (κ1) is 14.6. The summed E-state index contributed by atoms with van der Waals surface area (Å²) in [6.45, 7) is 0. The van der Waals surface area contributed by atoms with E-state index in [9.17, 15) is 4.79 Å². The average Bonchev–Trinajstić information content (AvgIpc) is 2.56. The summed E-state index contributed by atoms with van der Waals surface area (Å²) in [6.07, 6.45) is 7.83. The van der Waals surface area contributed by atoms with Crippen molar-refractivity contribution in [3.05, 3.63) is 35.9 Å². The Bertz CT molecular complexity index is 487. The first-order valence-corrected chi connectivity index (χ1v) is 7.95. The van der Waals surface area contributed by atoms with Gasteiger partial charge in [-0.15, -0.1) is 0 Å². The van der Waals surface area contributed by atoms with Gasteiger partial charge < -0.3 is 0 Å². The highest BCUT2D eigenvalue weighted by Crippen LogP contribution is 2.59. The van der Waals surface area contributed by atoms with Gasteiger partial charge in [0, 0.05) is 13.5 Å². The molecule has 0 N–H and O–H groups in total. The summed E-state index contributed by atoms with van der Waals surface area (Å²) in [6, 6.07) is 11.0. The zero-order chi connectivity index (χ0) is 14.9. The highest BCUT2D eigenvalue weighted by atomic mass is 16.7. The molecule has 0 heterocycles. The lowest BCUT2D eigenvalue weighted by Crippen LogP contribution is -2.46. The predicted molar refractivity (Wildman–Crippen MR) is 82.7 cm³/mol. The average molecular weight is 287 g/mol. The fraction of sp³-hybridized carbons (Fsp3) is 0.611. The number of hydrogen-bond acceptors (Lipinski definition) is 2. The normalized spacial score (nSPS) is 31.1. The van der Waals surface area contributed by atoms with Crippen LogP contribution in [0.4, 0.5) is 0 Å². The molecule has 0 radical (unpaired) electrons. The lowest BCUT2D eigenvalue weighted by Gasteiger charge is -2.54. The molecule has 0 aromatic heterocycles. The number of amides is 1. The standard InChI is InChI=1S/C18H25NO2/c1-19(21-2)16(20)14-17-8-11-18(12-9-17,13-10-17)15-6-4-3-5-7-15/h3-7H,8-14H2,1-2H3. The first-order valence-electron chi connectivity index (χ1n) is 7.95. The molecule has 3 fully saturated rings. The minimum Gasteiger partial charge on any atom is -0.275 e. The minimum atomic E-state index is 0.117. The van der Waals surface area contributed by atoms with Gasteiger partial charge in [0.15, 0.2) is 0 Å². The van der Waals surface area contributed by atoms with Crippen LogP contribution in [0.1, 0.15) is 50.5 Å². The van der Waals surface area contributed by atoms with Crippen molar-refractivity contribution in [1.29, 1.82) is 0 Å². The molecule has 0 unspecified atom stereocenters. The van der Waals surface area contributed by atoms with Crippen LogP contribution in [0.5, 0.6) is 0 Å². The van der Waals surface area contributed by atoms with Crippen LogP contribution in [0.25, 0.3) is 0 Å². The van der Waals surface area contributed by atoms with Crippen LogP contribution in [-0.4, -0.2) is 25.1 Å². The SMILES string of the molecule is CON(C)C(=O)CC12CCC(c3ccccc3)(CC1)CC2. The summed E-state index contributed by atoms with van der Waals surface area (Å²) in [5.74, 6) is 0.117. The second-order valence-corrected chi connectivity index (χ2v) is 6.90. The van der Waals surface area contributed by atoms with Crippen molar-refractivity contribution in [3.8, 4) is 0 Å². The Balaban J connectivity index is 1.71. The van der Waals surface area contributed by atoms with Gasteiger partial charge in [-0.1, -0.05) is 30.3 Å². The fourth-order valence-electron chi connectivity index (χ4n) is 4.29. The van der Waals surface area contributed by atoms with E-state index in [4.69, 9.17) is 4.84 Å². The lowest BCUT2D eigenvalue weighted by atomic mass is 9.51. The number of hydroxylamine groups is 2. The van der Waals surface area contributed by atoms with Crippen molar-refractivity contribution in [2.75, 3.05) is 14.2 Å². The Morgan fingerprint density at radius 3 is 2.19 bits per heavy atom. The van der Waals surface area contributed by atoms with Gasteiger partial charge in [-0.25, -0.2) is 5.06 Å². The number of carbonyl (C=O) groups excluding carboxylic acids is 1. The molecule has 3 aliphatic rings. The van der Waals surface area contributed by atoms with Crippen LogP contribution in [0, 0.1) is 5.41 Å². The third-order valence-electron chi connectivity index (χ3n) is 5.94. The minimum absolute atomic E-state index is 0.117. The molecule has 1 amide bonds. The maximum atomic E-state index is 12.2. The van der Waals surface area contributed by atoms with E-state index in [0.29, 0.717) is 11.8 Å². The number of nitrogens with zero attached hydrogens (tertiary/aromatic N) is 1. The molecule has 2 bridgehead atoms. The molecule has 4 rings (SSSR count). The van der Waals surface area contributed by atoms with E-state index in [-0.39, 0.29) is 11.3 Å². The Morgan fingerprint density at radius 2 is 1.67 bits per heavy atom. The molecule has 3 aliphatic carbocycles. The van der Waals surface area contributed by atoms with Gasteiger partial charge in [0.05, 0.1) is 7.11 Å². The summed E-state index contributed by atoms with van der Waals surface area (Å²) in [5, 5.41) is 1.38. The zero-order valence-electron chi connectivity index (χ0n) is 13.1. The lowest BCUT2D eigenvalue weighted by molar-refractivity contribution is -0.173. The number of hydrogen-bond donors (Lipinski definition) is 0. The van der Waals surface area contributed by atoms with E-state index in [0.717, 1.165) is 0 Å². The van der Waals surface area contributed by atoms with E-state index in [2.05, 4.69) is 30.3 Å². The summed E-state index contributed by atoms with van der Waals surface area (Å²) in [4.78, 5) is 17.2.